The second-order valence-electron chi connectivity index (χ2n) is 6.47. The molecule has 24 heavy (non-hydrogen) atoms. The molecule has 2 fully saturated rings. The molecule has 0 aromatic carbocycles. The zero-order valence-electron chi connectivity index (χ0n) is 14.1. The SMILES string of the molecule is O=C(NC1CCN(CCO)CC1)N1CCN(c2cccnc2)CC1. The van der Waals surface area contributed by atoms with Crippen molar-refractivity contribution in [1.82, 2.24) is 20.1 Å². The Kier molecular flexibility index (Phi) is 5.87. The number of aliphatic hydroxyl groups is 1. The highest BCUT2D eigenvalue weighted by Gasteiger charge is 2.25. The van der Waals surface area contributed by atoms with E-state index >= 15 is 0 Å². The summed E-state index contributed by atoms with van der Waals surface area (Å²) in [6.45, 7) is 5.99. The molecule has 0 atom stereocenters. The lowest BCUT2D eigenvalue weighted by atomic mass is 10.1. The molecule has 2 N–H and O–H groups in total. The molecule has 1 aromatic heterocycles. The van der Waals surface area contributed by atoms with Gasteiger partial charge in [-0.05, 0) is 25.0 Å². The van der Waals surface area contributed by atoms with Crippen molar-refractivity contribution >= 4 is 11.7 Å². The number of amides is 2. The number of aromatic nitrogens is 1. The summed E-state index contributed by atoms with van der Waals surface area (Å²) in [7, 11) is 0. The van der Waals surface area contributed by atoms with E-state index in [4.69, 9.17) is 5.11 Å². The maximum atomic E-state index is 12.4. The van der Waals surface area contributed by atoms with E-state index in [2.05, 4.69) is 26.2 Å². The minimum absolute atomic E-state index is 0.0569. The third-order valence-corrected chi connectivity index (χ3v) is 4.91. The van der Waals surface area contributed by atoms with Gasteiger partial charge >= 0.3 is 6.03 Å². The van der Waals surface area contributed by atoms with Gasteiger partial charge in [0.05, 0.1) is 18.5 Å². The highest BCUT2D eigenvalue weighted by Crippen LogP contribution is 2.15. The van der Waals surface area contributed by atoms with Crippen LogP contribution < -0.4 is 10.2 Å². The van der Waals surface area contributed by atoms with E-state index in [1.165, 1.54) is 0 Å². The van der Waals surface area contributed by atoms with Crippen LogP contribution in [0.3, 0.4) is 0 Å². The third kappa shape index (κ3) is 4.36. The van der Waals surface area contributed by atoms with Crippen molar-refractivity contribution in [2.24, 2.45) is 0 Å². The van der Waals surface area contributed by atoms with Crippen molar-refractivity contribution in [1.29, 1.82) is 0 Å². The van der Waals surface area contributed by atoms with Crippen molar-refractivity contribution in [2.75, 3.05) is 57.3 Å². The van der Waals surface area contributed by atoms with Crippen LogP contribution in [-0.2, 0) is 0 Å². The van der Waals surface area contributed by atoms with E-state index in [1.807, 2.05) is 17.2 Å². The average molecular weight is 333 g/mol. The number of aliphatic hydroxyl groups excluding tert-OH is 1. The summed E-state index contributed by atoms with van der Waals surface area (Å²) in [4.78, 5) is 23.0. The summed E-state index contributed by atoms with van der Waals surface area (Å²) in [6, 6.07) is 4.31. The van der Waals surface area contributed by atoms with Gasteiger partial charge in [0.2, 0.25) is 0 Å². The number of anilines is 1. The summed E-state index contributed by atoms with van der Waals surface area (Å²) in [5.74, 6) is 0. The van der Waals surface area contributed by atoms with Crippen molar-refractivity contribution in [2.45, 2.75) is 18.9 Å². The summed E-state index contributed by atoms with van der Waals surface area (Å²) in [5, 5.41) is 12.2. The Morgan fingerprint density at radius 3 is 2.58 bits per heavy atom. The van der Waals surface area contributed by atoms with Crippen LogP contribution in [-0.4, -0.2) is 84.4 Å². The van der Waals surface area contributed by atoms with Crippen LogP contribution in [0.5, 0.6) is 0 Å². The predicted octanol–water partition coefficient (Wildman–Crippen LogP) is 0.370. The first-order chi connectivity index (χ1) is 11.8. The zero-order valence-corrected chi connectivity index (χ0v) is 14.1. The molecule has 0 aliphatic carbocycles. The number of hydrogen-bond donors (Lipinski definition) is 2. The molecular weight excluding hydrogens is 306 g/mol. The molecule has 3 heterocycles. The summed E-state index contributed by atoms with van der Waals surface area (Å²) >= 11 is 0. The van der Waals surface area contributed by atoms with E-state index in [-0.39, 0.29) is 18.7 Å². The number of carbonyl (C=O) groups excluding carboxylic acids is 1. The van der Waals surface area contributed by atoms with E-state index in [9.17, 15) is 4.79 Å². The van der Waals surface area contributed by atoms with E-state index in [0.29, 0.717) is 0 Å². The fourth-order valence-electron chi connectivity index (χ4n) is 3.42. The lowest BCUT2D eigenvalue weighted by Gasteiger charge is -2.37. The fourth-order valence-corrected chi connectivity index (χ4v) is 3.42. The Morgan fingerprint density at radius 2 is 1.96 bits per heavy atom. The molecular formula is C17H27N5O2. The van der Waals surface area contributed by atoms with Crippen LogP contribution in [0.1, 0.15) is 12.8 Å². The summed E-state index contributed by atoms with van der Waals surface area (Å²) in [6.07, 6.45) is 5.57. The van der Waals surface area contributed by atoms with Crippen LogP contribution in [0, 0.1) is 0 Å². The van der Waals surface area contributed by atoms with Gasteiger partial charge in [-0.3, -0.25) is 4.98 Å². The topological polar surface area (TPSA) is 71.9 Å². The Bertz CT molecular complexity index is 511. The Balaban J connectivity index is 1.41. The van der Waals surface area contributed by atoms with Crippen LogP contribution >= 0.6 is 0 Å². The number of piperazine rings is 1. The number of urea groups is 1. The number of nitrogens with one attached hydrogen (secondary N) is 1. The first-order valence-corrected chi connectivity index (χ1v) is 8.80. The van der Waals surface area contributed by atoms with Gasteiger partial charge in [0.25, 0.3) is 0 Å². The monoisotopic (exact) mass is 333 g/mol. The smallest absolute Gasteiger partial charge is 0.317 e. The molecule has 0 spiro atoms. The van der Waals surface area contributed by atoms with Crippen LogP contribution in [0.2, 0.25) is 0 Å². The third-order valence-electron chi connectivity index (χ3n) is 4.91. The maximum absolute atomic E-state index is 12.4. The maximum Gasteiger partial charge on any atom is 0.317 e. The van der Waals surface area contributed by atoms with Crippen molar-refractivity contribution in [3.05, 3.63) is 24.5 Å². The molecule has 7 nitrogen and oxygen atoms in total. The van der Waals surface area contributed by atoms with E-state index in [0.717, 1.165) is 64.3 Å². The van der Waals surface area contributed by atoms with Crippen molar-refractivity contribution < 1.29 is 9.90 Å². The molecule has 0 bridgehead atoms. The minimum Gasteiger partial charge on any atom is -0.395 e. The van der Waals surface area contributed by atoms with Gasteiger partial charge in [-0.1, -0.05) is 0 Å². The largest absolute Gasteiger partial charge is 0.395 e. The predicted molar refractivity (Wildman–Crippen MR) is 93.1 cm³/mol. The number of carbonyl (C=O) groups is 1. The minimum atomic E-state index is 0.0569. The quantitative estimate of drug-likeness (QED) is 0.833. The second-order valence-corrected chi connectivity index (χ2v) is 6.47. The van der Waals surface area contributed by atoms with Crippen molar-refractivity contribution in [3.8, 4) is 0 Å². The molecule has 1 aromatic rings. The molecule has 2 saturated heterocycles. The highest BCUT2D eigenvalue weighted by atomic mass is 16.3. The molecule has 7 heteroatoms. The molecule has 3 rings (SSSR count). The number of nitrogens with zero attached hydrogens (tertiary/aromatic N) is 4. The number of β-amino-alcohol motifs (C(OH)–C–C–N with tert-alkyl or cyclic N) is 1. The molecule has 132 valence electrons. The summed E-state index contributed by atoms with van der Waals surface area (Å²) < 4.78 is 0. The van der Waals surface area contributed by atoms with Gasteiger partial charge in [-0.2, -0.15) is 0 Å². The van der Waals surface area contributed by atoms with Crippen LogP contribution in [0.4, 0.5) is 10.5 Å². The number of rotatable bonds is 4. The molecule has 0 saturated carbocycles. The number of pyridine rings is 1. The van der Waals surface area contributed by atoms with Gasteiger partial charge in [-0.25, -0.2) is 4.79 Å². The van der Waals surface area contributed by atoms with Gasteiger partial charge in [0, 0.05) is 58.1 Å². The molecule has 2 aliphatic heterocycles. The molecule has 2 amide bonds. The van der Waals surface area contributed by atoms with E-state index < -0.39 is 0 Å². The van der Waals surface area contributed by atoms with Crippen LogP contribution in [0.25, 0.3) is 0 Å². The summed E-state index contributed by atoms with van der Waals surface area (Å²) in [5.41, 5.74) is 1.12. The number of piperidine rings is 1. The molecule has 0 unspecified atom stereocenters. The first-order valence-electron chi connectivity index (χ1n) is 8.80. The standard InChI is InChI=1S/C17H27N5O2/c23-13-12-20-6-3-15(4-7-20)19-17(24)22-10-8-21(9-11-22)16-2-1-5-18-14-16/h1-2,5,14-15,23H,3-4,6-13H2,(H,19,24). The average Bonchev–Trinajstić information content (AvgIpc) is 2.64. The molecule has 2 aliphatic rings. The number of hydrogen-bond acceptors (Lipinski definition) is 5. The van der Waals surface area contributed by atoms with Crippen LogP contribution in [0.15, 0.2) is 24.5 Å². The Morgan fingerprint density at radius 1 is 1.21 bits per heavy atom. The highest BCUT2D eigenvalue weighted by molar-refractivity contribution is 5.75. The van der Waals surface area contributed by atoms with Gasteiger partial charge < -0.3 is 25.1 Å². The Labute approximate surface area is 143 Å². The lowest BCUT2D eigenvalue weighted by Crippen LogP contribution is -2.55. The second kappa shape index (κ2) is 8.30. The lowest BCUT2D eigenvalue weighted by molar-refractivity contribution is 0.149. The zero-order chi connectivity index (χ0) is 16.8. The van der Waals surface area contributed by atoms with E-state index in [1.54, 1.807) is 6.20 Å². The van der Waals surface area contributed by atoms with Gasteiger partial charge in [0.15, 0.2) is 0 Å². The molecule has 0 radical (unpaired) electrons. The van der Waals surface area contributed by atoms with Gasteiger partial charge in [0.1, 0.15) is 0 Å². The van der Waals surface area contributed by atoms with Crippen molar-refractivity contribution in [3.63, 3.8) is 0 Å². The first kappa shape index (κ1) is 17.0. The Hall–Kier alpha value is -1.86. The normalized spacial score (nSPS) is 20.2. The number of likely N-dealkylation sites (tertiary alicyclic amines) is 1. The van der Waals surface area contributed by atoms with Gasteiger partial charge in [-0.15, -0.1) is 0 Å². The fraction of sp³-hybridized carbons (Fsp3) is 0.647.